The van der Waals surface area contributed by atoms with Crippen LogP contribution in [0, 0.1) is 13.8 Å². The molecule has 0 aliphatic carbocycles. The van der Waals surface area contributed by atoms with Gasteiger partial charge in [-0.3, -0.25) is 9.89 Å². The van der Waals surface area contributed by atoms with Crippen LogP contribution in [-0.4, -0.2) is 37.6 Å². The monoisotopic (exact) mass is 334 g/mol. The van der Waals surface area contributed by atoms with Crippen molar-refractivity contribution in [1.82, 2.24) is 14.9 Å². The normalized spacial score (nSPS) is 14.3. The van der Waals surface area contributed by atoms with E-state index >= 15 is 0 Å². The summed E-state index contributed by atoms with van der Waals surface area (Å²) in [7, 11) is -3.65. The van der Waals surface area contributed by atoms with Crippen LogP contribution in [0.2, 0.25) is 0 Å². The molecule has 0 bridgehead atoms. The van der Waals surface area contributed by atoms with Crippen LogP contribution >= 0.6 is 0 Å². The molecule has 1 aliphatic heterocycles. The number of nitrogens with zero attached hydrogens (tertiary/aromatic N) is 2. The van der Waals surface area contributed by atoms with Gasteiger partial charge in [-0.2, -0.15) is 5.10 Å². The van der Waals surface area contributed by atoms with Gasteiger partial charge in [-0.1, -0.05) is 18.2 Å². The third-order valence-corrected chi connectivity index (χ3v) is 5.61. The number of sulfonamides is 1. The van der Waals surface area contributed by atoms with Gasteiger partial charge in [0.25, 0.3) is 0 Å². The summed E-state index contributed by atoms with van der Waals surface area (Å²) in [6.07, 6.45) is 0.364. The number of carbonyl (C=O) groups excluding carboxylic acids is 1. The first-order chi connectivity index (χ1) is 10.9. The lowest BCUT2D eigenvalue weighted by atomic mass is 10.2. The van der Waals surface area contributed by atoms with Crippen LogP contribution in [-0.2, 0) is 21.2 Å². The fraction of sp³-hybridized carbons (Fsp3) is 0.333. The zero-order valence-corrected chi connectivity index (χ0v) is 13.8. The molecule has 8 heteroatoms. The number of fused-ring (bicyclic) bond motifs is 1. The number of aromatic amines is 1. The van der Waals surface area contributed by atoms with Crippen molar-refractivity contribution in [2.75, 3.05) is 18.0 Å². The molecule has 0 radical (unpaired) electrons. The summed E-state index contributed by atoms with van der Waals surface area (Å²) < 4.78 is 27.3. The number of anilines is 1. The molecule has 1 aromatic carbocycles. The van der Waals surface area contributed by atoms with Crippen molar-refractivity contribution in [2.45, 2.75) is 25.2 Å². The predicted molar refractivity (Wildman–Crippen MR) is 85.7 cm³/mol. The molecule has 0 unspecified atom stereocenters. The zero-order chi connectivity index (χ0) is 16.6. The number of amides is 1. The van der Waals surface area contributed by atoms with Crippen LogP contribution in [0.5, 0.6) is 0 Å². The number of nitrogens with one attached hydrogen (secondary N) is 2. The summed E-state index contributed by atoms with van der Waals surface area (Å²) in [4.78, 5) is 13.8. The Bertz CT molecular complexity index is 838. The van der Waals surface area contributed by atoms with Crippen molar-refractivity contribution in [2.24, 2.45) is 0 Å². The van der Waals surface area contributed by atoms with E-state index < -0.39 is 10.0 Å². The van der Waals surface area contributed by atoms with Crippen LogP contribution < -0.4 is 9.62 Å². The van der Waals surface area contributed by atoms with Gasteiger partial charge in [0.1, 0.15) is 4.90 Å². The maximum absolute atomic E-state index is 12.4. The molecular formula is C15H18N4O3S. The van der Waals surface area contributed by atoms with E-state index in [2.05, 4.69) is 14.9 Å². The van der Waals surface area contributed by atoms with Gasteiger partial charge in [0.2, 0.25) is 15.9 Å². The highest BCUT2D eigenvalue weighted by Gasteiger charge is 2.27. The fourth-order valence-electron chi connectivity index (χ4n) is 2.86. The average molecular weight is 334 g/mol. The van der Waals surface area contributed by atoms with E-state index in [1.165, 1.54) is 0 Å². The number of carbonyl (C=O) groups is 1. The molecule has 1 aromatic heterocycles. The van der Waals surface area contributed by atoms with Gasteiger partial charge < -0.3 is 4.90 Å². The van der Waals surface area contributed by atoms with Crippen molar-refractivity contribution in [3.05, 3.63) is 41.2 Å². The molecule has 0 saturated heterocycles. The minimum Gasteiger partial charge on any atom is -0.311 e. The molecule has 23 heavy (non-hydrogen) atoms. The quantitative estimate of drug-likeness (QED) is 0.849. The number of hydrogen-bond acceptors (Lipinski definition) is 4. The third-order valence-electron chi connectivity index (χ3n) is 3.88. The van der Waals surface area contributed by atoms with Gasteiger partial charge in [0.15, 0.2) is 0 Å². The second-order valence-electron chi connectivity index (χ2n) is 5.51. The number of rotatable bonds is 5. The first-order valence-electron chi connectivity index (χ1n) is 7.29. The van der Waals surface area contributed by atoms with E-state index in [9.17, 15) is 13.2 Å². The Morgan fingerprint density at radius 3 is 2.74 bits per heavy atom. The van der Waals surface area contributed by atoms with Crippen molar-refractivity contribution in [3.8, 4) is 0 Å². The number of para-hydroxylation sites is 1. The first-order valence-corrected chi connectivity index (χ1v) is 8.78. The van der Waals surface area contributed by atoms with E-state index in [1.807, 2.05) is 24.3 Å². The Labute approximate surface area is 134 Å². The van der Waals surface area contributed by atoms with Crippen molar-refractivity contribution in [1.29, 1.82) is 0 Å². The van der Waals surface area contributed by atoms with E-state index in [-0.39, 0.29) is 17.3 Å². The summed E-state index contributed by atoms with van der Waals surface area (Å²) in [5.74, 6) is -0.0129. The highest BCUT2D eigenvalue weighted by Crippen LogP contribution is 2.27. The fourth-order valence-corrected chi connectivity index (χ4v) is 4.25. The van der Waals surface area contributed by atoms with Gasteiger partial charge >= 0.3 is 0 Å². The lowest BCUT2D eigenvalue weighted by Crippen LogP contribution is -2.36. The summed E-state index contributed by atoms with van der Waals surface area (Å²) >= 11 is 0. The highest BCUT2D eigenvalue weighted by molar-refractivity contribution is 7.89. The van der Waals surface area contributed by atoms with Crippen molar-refractivity contribution < 1.29 is 13.2 Å². The Hall–Kier alpha value is -2.19. The topological polar surface area (TPSA) is 95.2 Å². The standard InChI is InChI=1S/C15H18N4O3S/c1-10-15(11(2)18-17-10)23(21,22)16-7-8-19-13-6-4-3-5-12(13)9-14(19)20/h3-6,16H,7-9H2,1-2H3,(H,17,18). The molecule has 0 atom stereocenters. The first kappa shape index (κ1) is 15.7. The number of benzene rings is 1. The predicted octanol–water partition coefficient (Wildman–Crippen LogP) is 0.894. The Kier molecular flexibility index (Phi) is 3.95. The molecule has 2 heterocycles. The van der Waals surface area contributed by atoms with Crippen LogP contribution in [0.1, 0.15) is 17.0 Å². The van der Waals surface area contributed by atoms with Gasteiger partial charge in [-0.05, 0) is 25.5 Å². The van der Waals surface area contributed by atoms with E-state index in [1.54, 1.807) is 18.7 Å². The number of H-pyrrole nitrogens is 1. The molecule has 3 rings (SSSR count). The molecule has 7 nitrogen and oxygen atoms in total. The van der Waals surface area contributed by atoms with Crippen LogP contribution in [0.25, 0.3) is 0 Å². The zero-order valence-electron chi connectivity index (χ0n) is 13.0. The SMILES string of the molecule is Cc1n[nH]c(C)c1S(=O)(=O)NCCN1C(=O)Cc2ccccc21. The molecule has 0 spiro atoms. The lowest BCUT2D eigenvalue weighted by molar-refractivity contribution is -0.117. The van der Waals surface area contributed by atoms with Gasteiger partial charge in [-0.15, -0.1) is 0 Å². The van der Waals surface area contributed by atoms with E-state index in [4.69, 9.17) is 0 Å². The molecule has 2 aromatic rings. The van der Waals surface area contributed by atoms with Crippen molar-refractivity contribution >= 4 is 21.6 Å². The molecule has 2 N–H and O–H groups in total. The molecule has 1 aliphatic rings. The lowest BCUT2D eigenvalue weighted by Gasteiger charge is -2.17. The largest absolute Gasteiger partial charge is 0.311 e. The summed E-state index contributed by atoms with van der Waals surface area (Å²) in [6, 6.07) is 7.55. The summed E-state index contributed by atoms with van der Waals surface area (Å²) in [6.45, 7) is 3.74. The molecule has 1 amide bonds. The minimum atomic E-state index is -3.65. The average Bonchev–Trinajstić information content (AvgIpc) is 2.99. The Morgan fingerprint density at radius 1 is 1.30 bits per heavy atom. The molecule has 122 valence electrons. The second kappa shape index (κ2) is 5.78. The third kappa shape index (κ3) is 2.87. The smallest absolute Gasteiger partial charge is 0.244 e. The maximum Gasteiger partial charge on any atom is 0.244 e. The number of aryl methyl sites for hydroxylation is 2. The van der Waals surface area contributed by atoms with E-state index in [0.29, 0.717) is 24.4 Å². The maximum atomic E-state index is 12.4. The summed E-state index contributed by atoms with van der Waals surface area (Å²) in [5, 5.41) is 6.56. The Morgan fingerprint density at radius 2 is 2.04 bits per heavy atom. The van der Waals surface area contributed by atoms with Crippen molar-refractivity contribution in [3.63, 3.8) is 0 Å². The van der Waals surface area contributed by atoms with Crippen LogP contribution in [0.15, 0.2) is 29.2 Å². The van der Waals surface area contributed by atoms with E-state index in [0.717, 1.165) is 11.3 Å². The molecular weight excluding hydrogens is 316 g/mol. The number of hydrogen-bond donors (Lipinski definition) is 2. The minimum absolute atomic E-state index is 0.0129. The van der Waals surface area contributed by atoms with Gasteiger partial charge in [0, 0.05) is 18.8 Å². The Balaban J connectivity index is 1.70. The van der Waals surface area contributed by atoms with Crippen LogP contribution in [0.4, 0.5) is 5.69 Å². The van der Waals surface area contributed by atoms with Gasteiger partial charge in [0.05, 0.1) is 17.8 Å². The summed E-state index contributed by atoms with van der Waals surface area (Å²) in [5.41, 5.74) is 2.75. The number of aromatic nitrogens is 2. The molecule has 0 fully saturated rings. The molecule has 0 saturated carbocycles. The highest BCUT2D eigenvalue weighted by atomic mass is 32.2. The van der Waals surface area contributed by atoms with Gasteiger partial charge in [-0.25, -0.2) is 13.1 Å². The van der Waals surface area contributed by atoms with Crippen LogP contribution in [0.3, 0.4) is 0 Å². The second-order valence-corrected chi connectivity index (χ2v) is 7.22.